The number of hydrogen-bond acceptors (Lipinski definition) is 7. The molecular formula is C29H30Cl2N4O6. The molecule has 0 aliphatic carbocycles. The SMILES string of the molecule is CCCCOc1ccc(NC(=O)C(=O)N/N=C\c2cc(Cl)c(OCC(=O)Nc3cc(Cl)ccc3C)c(OC)c2)cc1. The predicted molar refractivity (Wildman–Crippen MR) is 160 cm³/mol. The molecule has 0 aromatic heterocycles. The number of halogens is 2. The molecule has 3 aromatic rings. The molecule has 216 valence electrons. The van der Waals surface area contributed by atoms with Gasteiger partial charge in [-0.15, -0.1) is 0 Å². The lowest BCUT2D eigenvalue weighted by Crippen LogP contribution is -2.32. The smallest absolute Gasteiger partial charge is 0.329 e. The molecule has 0 aliphatic rings. The number of amides is 3. The van der Waals surface area contributed by atoms with E-state index in [0.29, 0.717) is 34.3 Å². The summed E-state index contributed by atoms with van der Waals surface area (Å²) < 4.78 is 16.5. The molecule has 3 amide bonds. The maximum absolute atomic E-state index is 12.4. The molecule has 0 unspecified atom stereocenters. The van der Waals surface area contributed by atoms with Gasteiger partial charge in [0.25, 0.3) is 5.91 Å². The van der Waals surface area contributed by atoms with E-state index in [-0.39, 0.29) is 23.1 Å². The van der Waals surface area contributed by atoms with Gasteiger partial charge in [0.1, 0.15) is 5.75 Å². The molecule has 0 spiro atoms. The van der Waals surface area contributed by atoms with Crippen LogP contribution in [0.4, 0.5) is 11.4 Å². The third kappa shape index (κ3) is 9.70. The van der Waals surface area contributed by atoms with Gasteiger partial charge in [0.15, 0.2) is 18.1 Å². The highest BCUT2D eigenvalue weighted by atomic mass is 35.5. The van der Waals surface area contributed by atoms with Gasteiger partial charge in [-0.3, -0.25) is 14.4 Å². The first-order valence-corrected chi connectivity index (χ1v) is 13.4. The summed E-state index contributed by atoms with van der Waals surface area (Å²) in [6, 6.07) is 14.9. The first-order chi connectivity index (χ1) is 19.7. The molecule has 3 rings (SSSR count). The summed E-state index contributed by atoms with van der Waals surface area (Å²) in [4.78, 5) is 36.8. The second kappa shape index (κ2) is 15.5. The van der Waals surface area contributed by atoms with Crippen LogP contribution in [0.3, 0.4) is 0 Å². The van der Waals surface area contributed by atoms with Gasteiger partial charge in [-0.05, 0) is 73.0 Å². The number of rotatable bonds is 12. The highest BCUT2D eigenvalue weighted by Gasteiger charge is 2.16. The normalized spacial score (nSPS) is 10.7. The predicted octanol–water partition coefficient (Wildman–Crippen LogP) is 5.60. The Balaban J connectivity index is 1.54. The Kier molecular flexibility index (Phi) is 11.8. The zero-order valence-corrected chi connectivity index (χ0v) is 24.3. The molecule has 3 aromatic carbocycles. The van der Waals surface area contributed by atoms with E-state index < -0.39 is 17.7 Å². The van der Waals surface area contributed by atoms with Crippen LogP contribution in [0.2, 0.25) is 10.0 Å². The first kappa shape index (κ1) is 31.3. The Morgan fingerprint density at radius 1 is 0.951 bits per heavy atom. The van der Waals surface area contributed by atoms with Crippen molar-refractivity contribution in [1.82, 2.24) is 5.43 Å². The number of hydrogen-bond donors (Lipinski definition) is 3. The van der Waals surface area contributed by atoms with Gasteiger partial charge in [-0.1, -0.05) is 42.6 Å². The number of nitrogens with zero attached hydrogens (tertiary/aromatic N) is 1. The minimum atomic E-state index is -0.969. The molecule has 0 fully saturated rings. The fraction of sp³-hybridized carbons (Fsp3) is 0.241. The van der Waals surface area contributed by atoms with Crippen LogP contribution in [0.25, 0.3) is 0 Å². The van der Waals surface area contributed by atoms with Gasteiger partial charge in [0.05, 0.1) is 25.0 Å². The maximum atomic E-state index is 12.4. The van der Waals surface area contributed by atoms with Crippen LogP contribution < -0.4 is 30.3 Å². The van der Waals surface area contributed by atoms with E-state index in [4.69, 9.17) is 37.4 Å². The van der Waals surface area contributed by atoms with Crippen LogP contribution in [0.5, 0.6) is 17.2 Å². The number of ether oxygens (including phenoxy) is 3. The quantitative estimate of drug-likeness (QED) is 0.107. The second-order valence-electron chi connectivity index (χ2n) is 8.71. The summed E-state index contributed by atoms with van der Waals surface area (Å²) in [5.41, 5.74) is 4.44. The van der Waals surface area contributed by atoms with Crippen molar-refractivity contribution in [3.05, 3.63) is 75.8 Å². The van der Waals surface area contributed by atoms with E-state index in [1.165, 1.54) is 19.4 Å². The number of carbonyl (C=O) groups is 3. The summed E-state index contributed by atoms with van der Waals surface area (Å²) >= 11 is 12.4. The third-order valence-corrected chi connectivity index (χ3v) is 6.05. The highest BCUT2D eigenvalue weighted by molar-refractivity contribution is 6.39. The van der Waals surface area contributed by atoms with E-state index in [1.807, 2.05) is 6.92 Å². The van der Waals surface area contributed by atoms with E-state index >= 15 is 0 Å². The molecule has 0 saturated heterocycles. The molecule has 0 aliphatic heterocycles. The number of aryl methyl sites for hydroxylation is 1. The summed E-state index contributed by atoms with van der Waals surface area (Å²) in [6.45, 7) is 4.18. The van der Waals surface area contributed by atoms with Gasteiger partial charge >= 0.3 is 11.8 Å². The second-order valence-corrected chi connectivity index (χ2v) is 9.55. The lowest BCUT2D eigenvalue weighted by atomic mass is 10.2. The van der Waals surface area contributed by atoms with Gasteiger partial charge in [-0.25, -0.2) is 5.43 Å². The van der Waals surface area contributed by atoms with Crippen molar-refractivity contribution >= 4 is 58.5 Å². The number of anilines is 2. The van der Waals surface area contributed by atoms with Crippen LogP contribution in [0.1, 0.15) is 30.9 Å². The van der Waals surface area contributed by atoms with Crippen LogP contribution in [-0.4, -0.2) is 44.3 Å². The number of unbranched alkanes of at least 4 members (excludes halogenated alkanes) is 1. The van der Waals surface area contributed by atoms with Gasteiger partial charge in [0.2, 0.25) is 0 Å². The van der Waals surface area contributed by atoms with E-state index in [0.717, 1.165) is 18.4 Å². The minimum absolute atomic E-state index is 0.142. The van der Waals surface area contributed by atoms with Gasteiger partial charge in [0, 0.05) is 16.4 Å². The molecule has 0 heterocycles. The van der Waals surface area contributed by atoms with Crippen molar-refractivity contribution in [1.29, 1.82) is 0 Å². The Labute approximate surface area is 248 Å². The summed E-state index contributed by atoms with van der Waals surface area (Å²) in [5.74, 6) is -1.23. The summed E-state index contributed by atoms with van der Waals surface area (Å²) in [5, 5.41) is 9.66. The Hall–Kier alpha value is -4.28. The Morgan fingerprint density at radius 2 is 1.71 bits per heavy atom. The highest BCUT2D eigenvalue weighted by Crippen LogP contribution is 2.36. The van der Waals surface area contributed by atoms with Crippen molar-refractivity contribution < 1.29 is 28.6 Å². The molecule has 0 saturated carbocycles. The third-order valence-electron chi connectivity index (χ3n) is 5.54. The number of hydrazone groups is 1. The lowest BCUT2D eigenvalue weighted by Gasteiger charge is -2.14. The summed E-state index contributed by atoms with van der Waals surface area (Å²) in [6.07, 6.45) is 3.25. The Morgan fingerprint density at radius 3 is 2.41 bits per heavy atom. The molecule has 41 heavy (non-hydrogen) atoms. The monoisotopic (exact) mass is 600 g/mol. The van der Waals surface area contributed by atoms with E-state index in [9.17, 15) is 14.4 Å². The molecule has 3 N–H and O–H groups in total. The standard InChI is InChI=1S/C29H30Cl2N4O6/c1-4-5-12-40-22-10-8-21(9-11-22)33-28(37)29(38)35-32-16-19-13-23(31)27(25(14-19)39-3)41-17-26(36)34-24-15-20(30)7-6-18(24)2/h6-11,13-16H,4-5,12,17H2,1-3H3,(H,33,37)(H,34,36)(H,35,38)/b32-16-. The lowest BCUT2D eigenvalue weighted by molar-refractivity contribution is -0.136. The van der Waals surface area contributed by atoms with Gasteiger partial charge in [-0.2, -0.15) is 5.10 Å². The number of methoxy groups -OCH3 is 1. The van der Waals surface area contributed by atoms with Crippen LogP contribution in [-0.2, 0) is 14.4 Å². The molecule has 0 radical (unpaired) electrons. The largest absolute Gasteiger partial charge is 0.494 e. The molecule has 10 nitrogen and oxygen atoms in total. The van der Waals surface area contributed by atoms with Crippen LogP contribution >= 0.6 is 23.2 Å². The molecule has 12 heteroatoms. The topological polar surface area (TPSA) is 127 Å². The van der Waals surface area contributed by atoms with Crippen molar-refractivity contribution in [3.8, 4) is 17.2 Å². The van der Waals surface area contributed by atoms with E-state index in [2.05, 4.69) is 28.1 Å². The van der Waals surface area contributed by atoms with Crippen LogP contribution in [0.15, 0.2) is 59.7 Å². The van der Waals surface area contributed by atoms with Crippen molar-refractivity contribution in [2.75, 3.05) is 31.0 Å². The van der Waals surface area contributed by atoms with Crippen molar-refractivity contribution in [2.24, 2.45) is 5.10 Å². The fourth-order valence-corrected chi connectivity index (χ4v) is 3.83. The van der Waals surface area contributed by atoms with E-state index in [1.54, 1.807) is 48.5 Å². The number of carbonyl (C=O) groups excluding carboxylic acids is 3. The van der Waals surface area contributed by atoms with Crippen LogP contribution in [0, 0.1) is 6.92 Å². The average Bonchev–Trinajstić information content (AvgIpc) is 2.95. The minimum Gasteiger partial charge on any atom is -0.494 e. The van der Waals surface area contributed by atoms with Crippen molar-refractivity contribution in [3.63, 3.8) is 0 Å². The molecule has 0 atom stereocenters. The Bertz CT molecular complexity index is 1410. The first-order valence-electron chi connectivity index (χ1n) is 12.6. The zero-order valence-electron chi connectivity index (χ0n) is 22.8. The molecular weight excluding hydrogens is 571 g/mol. The number of benzene rings is 3. The van der Waals surface area contributed by atoms with Crippen molar-refractivity contribution in [2.45, 2.75) is 26.7 Å². The van der Waals surface area contributed by atoms with Gasteiger partial charge < -0.3 is 24.8 Å². The molecule has 0 bridgehead atoms. The average molecular weight is 601 g/mol. The number of nitrogens with one attached hydrogen (secondary N) is 3. The summed E-state index contributed by atoms with van der Waals surface area (Å²) in [7, 11) is 1.41. The zero-order chi connectivity index (χ0) is 29.8. The fourth-order valence-electron chi connectivity index (χ4n) is 3.38. The maximum Gasteiger partial charge on any atom is 0.329 e.